The molecule has 2 N–H and O–H groups in total. The van der Waals surface area contributed by atoms with Crippen LogP contribution in [-0.4, -0.2) is 20.2 Å². The van der Waals surface area contributed by atoms with Crippen molar-refractivity contribution in [3.8, 4) is 5.75 Å². The van der Waals surface area contributed by atoms with E-state index >= 15 is 0 Å². The van der Waals surface area contributed by atoms with Crippen LogP contribution in [0, 0.1) is 6.92 Å². The number of nitrogens with two attached hydrogens (primary N) is 1. The van der Waals surface area contributed by atoms with Gasteiger partial charge in [-0.15, -0.1) is 0 Å². The van der Waals surface area contributed by atoms with Gasteiger partial charge < -0.3 is 15.2 Å². The highest BCUT2D eigenvalue weighted by Gasteiger charge is 2.34. The van der Waals surface area contributed by atoms with E-state index in [0.717, 1.165) is 5.56 Å². The first-order valence-corrected chi connectivity index (χ1v) is 4.96. The molecule has 0 radical (unpaired) electrons. The summed E-state index contributed by atoms with van der Waals surface area (Å²) in [5, 5.41) is 0. The van der Waals surface area contributed by atoms with Crippen molar-refractivity contribution in [1.29, 1.82) is 0 Å². The van der Waals surface area contributed by atoms with E-state index in [0.29, 0.717) is 11.3 Å². The second kappa shape index (κ2) is 4.53. The molecule has 0 aliphatic rings. The molecule has 0 saturated heterocycles. The van der Waals surface area contributed by atoms with Crippen LogP contribution in [0.5, 0.6) is 5.75 Å². The number of carbonyl (C=O) groups excluding carboxylic acids is 1. The molecule has 1 aromatic carbocycles. The van der Waals surface area contributed by atoms with Crippen LogP contribution in [0.3, 0.4) is 0 Å². The SMILES string of the molecule is COC(=O)C(C)(N)c1cc(C)ccc1OC. The third kappa shape index (κ3) is 2.17. The fourth-order valence-electron chi connectivity index (χ4n) is 1.55. The van der Waals surface area contributed by atoms with Crippen LogP contribution in [0.2, 0.25) is 0 Å². The lowest BCUT2D eigenvalue weighted by Crippen LogP contribution is -2.43. The van der Waals surface area contributed by atoms with Gasteiger partial charge in [-0.1, -0.05) is 11.6 Å². The van der Waals surface area contributed by atoms with Gasteiger partial charge in [0.15, 0.2) is 0 Å². The van der Waals surface area contributed by atoms with Crippen molar-refractivity contribution in [2.45, 2.75) is 19.4 Å². The number of ether oxygens (including phenoxy) is 2. The Kier molecular flexibility index (Phi) is 3.55. The maximum absolute atomic E-state index is 11.6. The number of hydrogen-bond acceptors (Lipinski definition) is 4. The first kappa shape index (κ1) is 12.5. The van der Waals surface area contributed by atoms with Crippen molar-refractivity contribution >= 4 is 5.97 Å². The highest BCUT2D eigenvalue weighted by atomic mass is 16.5. The molecule has 0 saturated carbocycles. The standard InChI is InChI=1S/C12H17NO3/c1-8-5-6-10(15-3)9(7-8)12(2,13)11(14)16-4/h5-7H,13H2,1-4H3. The van der Waals surface area contributed by atoms with Gasteiger partial charge in [0.1, 0.15) is 11.3 Å². The second-order valence-corrected chi connectivity index (χ2v) is 3.90. The minimum absolute atomic E-state index is 0.489. The lowest BCUT2D eigenvalue weighted by Gasteiger charge is -2.24. The largest absolute Gasteiger partial charge is 0.496 e. The zero-order valence-electron chi connectivity index (χ0n) is 10.0. The van der Waals surface area contributed by atoms with E-state index in [-0.39, 0.29) is 0 Å². The van der Waals surface area contributed by atoms with Crippen LogP contribution in [-0.2, 0) is 15.1 Å². The molecular formula is C12H17NO3. The molecule has 0 aliphatic heterocycles. The summed E-state index contributed by atoms with van der Waals surface area (Å²) in [5.74, 6) is 0.0948. The van der Waals surface area contributed by atoms with Crippen LogP contribution >= 0.6 is 0 Å². The molecule has 1 unspecified atom stereocenters. The van der Waals surface area contributed by atoms with Gasteiger partial charge in [-0.05, 0) is 26.0 Å². The van der Waals surface area contributed by atoms with Crippen LogP contribution in [0.15, 0.2) is 18.2 Å². The highest BCUT2D eigenvalue weighted by molar-refractivity contribution is 5.82. The molecule has 1 aromatic rings. The number of methoxy groups -OCH3 is 2. The normalized spacial score (nSPS) is 14.1. The monoisotopic (exact) mass is 223 g/mol. The van der Waals surface area contributed by atoms with Gasteiger partial charge in [0, 0.05) is 5.56 Å². The van der Waals surface area contributed by atoms with E-state index in [9.17, 15) is 4.79 Å². The topological polar surface area (TPSA) is 61.5 Å². The Hall–Kier alpha value is -1.55. The first-order chi connectivity index (χ1) is 7.43. The summed E-state index contributed by atoms with van der Waals surface area (Å²) in [7, 11) is 2.86. The quantitative estimate of drug-likeness (QED) is 0.786. The maximum atomic E-state index is 11.6. The molecule has 1 rings (SSSR count). The van der Waals surface area contributed by atoms with Gasteiger partial charge >= 0.3 is 5.97 Å². The van der Waals surface area contributed by atoms with Gasteiger partial charge in [0.2, 0.25) is 0 Å². The predicted octanol–water partition coefficient (Wildman–Crippen LogP) is 1.35. The molecule has 4 heteroatoms. The van der Waals surface area contributed by atoms with Crippen LogP contribution in [0.1, 0.15) is 18.1 Å². The number of rotatable bonds is 3. The summed E-state index contributed by atoms with van der Waals surface area (Å²) in [6, 6.07) is 5.52. The number of benzene rings is 1. The Labute approximate surface area is 95.3 Å². The molecule has 1 atom stereocenters. The summed E-state index contributed by atoms with van der Waals surface area (Å²) in [5.41, 5.74) is 6.42. The molecule has 0 aromatic heterocycles. The number of hydrogen-bond donors (Lipinski definition) is 1. The molecular weight excluding hydrogens is 206 g/mol. The van der Waals surface area contributed by atoms with Crippen molar-refractivity contribution in [1.82, 2.24) is 0 Å². The zero-order chi connectivity index (χ0) is 12.3. The number of aryl methyl sites for hydroxylation is 1. The van der Waals surface area contributed by atoms with E-state index in [2.05, 4.69) is 4.74 Å². The molecule has 0 spiro atoms. The van der Waals surface area contributed by atoms with Gasteiger partial charge in [-0.3, -0.25) is 0 Å². The summed E-state index contributed by atoms with van der Waals surface area (Å²) < 4.78 is 9.88. The Bertz CT molecular complexity index is 399. The van der Waals surface area contributed by atoms with Crippen LogP contribution in [0.25, 0.3) is 0 Å². The molecule has 0 aliphatic carbocycles. The van der Waals surface area contributed by atoms with Gasteiger partial charge in [-0.2, -0.15) is 0 Å². The Morgan fingerprint density at radius 3 is 2.50 bits per heavy atom. The van der Waals surface area contributed by atoms with Crippen molar-refractivity contribution < 1.29 is 14.3 Å². The summed E-state index contributed by atoms with van der Waals surface area (Å²) in [4.78, 5) is 11.6. The van der Waals surface area contributed by atoms with Gasteiger partial charge in [0.25, 0.3) is 0 Å². The zero-order valence-corrected chi connectivity index (χ0v) is 10.0. The predicted molar refractivity (Wildman–Crippen MR) is 61.3 cm³/mol. The minimum atomic E-state index is -1.20. The third-order valence-electron chi connectivity index (χ3n) is 2.52. The van der Waals surface area contributed by atoms with E-state index in [1.54, 1.807) is 20.1 Å². The Balaban J connectivity index is 3.30. The maximum Gasteiger partial charge on any atom is 0.330 e. The number of carbonyl (C=O) groups is 1. The van der Waals surface area contributed by atoms with Gasteiger partial charge in [-0.25, -0.2) is 4.79 Å². The number of esters is 1. The lowest BCUT2D eigenvalue weighted by atomic mass is 9.91. The Morgan fingerprint density at radius 1 is 1.38 bits per heavy atom. The molecule has 0 fully saturated rings. The van der Waals surface area contributed by atoms with Crippen LogP contribution < -0.4 is 10.5 Å². The second-order valence-electron chi connectivity index (χ2n) is 3.90. The average molecular weight is 223 g/mol. The fourth-order valence-corrected chi connectivity index (χ4v) is 1.55. The molecule has 0 heterocycles. The van der Waals surface area contributed by atoms with Crippen molar-refractivity contribution in [3.05, 3.63) is 29.3 Å². The molecule has 16 heavy (non-hydrogen) atoms. The third-order valence-corrected chi connectivity index (χ3v) is 2.52. The van der Waals surface area contributed by atoms with E-state index in [1.165, 1.54) is 7.11 Å². The van der Waals surface area contributed by atoms with Gasteiger partial charge in [0.05, 0.1) is 14.2 Å². The average Bonchev–Trinajstić information content (AvgIpc) is 2.27. The van der Waals surface area contributed by atoms with E-state index in [4.69, 9.17) is 10.5 Å². The van der Waals surface area contributed by atoms with Crippen molar-refractivity contribution in [2.24, 2.45) is 5.73 Å². The molecule has 4 nitrogen and oxygen atoms in total. The van der Waals surface area contributed by atoms with E-state index in [1.807, 2.05) is 19.1 Å². The minimum Gasteiger partial charge on any atom is -0.496 e. The fraction of sp³-hybridized carbons (Fsp3) is 0.417. The molecule has 0 bridgehead atoms. The summed E-state index contributed by atoms with van der Waals surface area (Å²) in [6.45, 7) is 3.53. The summed E-state index contributed by atoms with van der Waals surface area (Å²) >= 11 is 0. The lowest BCUT2D eigenvalue weighted by molar-refractivity contribution is -0.146. The molecule has 0 amide bonds. The van der Waals surface area contributed by atoms with E-state index < -0.39 is 11.5 Å². The first-order valence-electron chi connectivity index (χ1n) is 4.96. The highest BCUT2D eigenvalue weighted by Crippen LogP contribution is 2.29. The van der Waals surface area contributed by atoms with Crippen molar-refractivity contribution in [3.63, 3.8) is 0 Å². The molecule has 88 valence electrons. The Morgan fingerprint density at radius 2 is 2.00 bits per heavy atom. The van der Waals surface area contributed by atoms with Crippen molar-refractivity contribution in [2.75, 3.05) is 14.2 Å². The summed E-state index contributed by atoms with van der Waals surface area (Å²) in [6.07, 6.45) is 0. The smallest absolute Gasteiger partial charge is 0.330 e. The van der Waals surface area contributed by atoms with Crippen LogP contribution in [0.4, 0.5) is 0 Å².